The summed E-state index contributed by atoms with van der Waals surface area (Å²) >= 11 is 0. The van der Waals surface area contributed by atoms with E-state index in [0.717, 1.165) is 5.56 Å². The van der Waals surface area contributed by atoms with Crippen LogP contribution in [0.2, 0.25) is 0 Å². The summed E-state index contributed by atoms with van der Waals surface area (Å²) in [6.07, 6.45) is 1.62. The van der Waals surface area contributed by atoms with Crippen LogP contribution in [0.1, 0.15) is 5.69 Å². The van der Waals surface area contributed by atoms with Crippen molar-refractivity contribution in [2.45, 2.75) is 0 Å². The van der Waals surface area contributed by atoms with Gasteiger partial charge in [-0.25, -0.2) is 4.98 Å². The fourth-order valence-corrected chi connectivity index (χ4v) is 1.76. The Bertz CT molecular complexity index is 611. The third kappa shape index (κ3) is 1.89. The molecule has 0 spiro atoms. The van der Waals surface area contributed by atoms with Crippen molar-refractivity contribution in [2.24, 2.45) is 7.05 Å². The highest BCUT2D eigenvalue weighted by molar-refractivity contribution is 5.68. The zero-order valence-electron chi connectivity index (χ0n) is 10.5. The van der Waals surface area contributed by atoms with Crippen molar-refractivity contribution < 1.29 is 9.47 Å². The van der Waals surface area contributed by atoms with Crippen molar-refractivity contribution in [2.75, 3.05) is 14.2 Å². The first-order valence-electron chi connectivity index (χ1n) is 5.35. The van der Waals surface area contributed by atoms with Crippen molar-refractivity contribution >= 4 is 0 Å². The van der Waals surface area contributed by atoms with Crippen molar-refractivity contribution in [1.82, 2.24) is 9.55 Å². The molecule has 0 saturated carbocycles. The van der Waals surface area contributed by atoms with Crippen LogP contribution in [0.3, 0.4) is 0 Å². The molecular formula is C13H13N3O2. The van der Waals surface area contributed by atoms with Crippen LogP contribution >= 0.6 is 0 Å². The number of rotatable bonds is 3. The topological polar surface area (TPSA) is 60.1 Å². The Hall–Kier alpha value is -2.48. The molecule has 0 saturated heterocycles. The molecule has 5 heteroatoms. The van der Waals surface area contributed by atoms with Gasteiger partial charge in [0.05, 0.1) is 20.5 Å². The fourth-order valence-electron chi connectivity index (χ4n) is 1.76. The number of aryl methyl sites for hydroxylation is 1. The van der Waals surface area contributed by atoms with Gasteiger partial charge >= 0.3 is 0 Å². The van der Waals surface area contributed by atoms with Crippen molar-refractivity contribution in [3.05, 3.63) is 30.2 Å². The minimum atomic E-state index is 0.516. The second-order valence-electron chi connectivity index (χ2n) is 3.73. The van der Waals surface area contributed by atoms with Crippen LogP contribution in [0, 0.1) is 11.3 Å². The predicted molar refractivity (Wildman–Crippen MR) is 66.5 cm³/mol. The molecule has 0 unspecified atom stereocenters. The van der Waals surface area contributed by atoms with Crippen molar-refractivity contribution in [1.29, 1.82) is 5.26 Å². The van der Waals surface area contributed by atoms with E-state index in [1.165, 1.54) is 0 Å². The van der Waals surface area contributed by atoms with E-state index in [4.69, 9.17) is 14.7 Å². The Morgan fingerprint density at radius 2 is 1.94 bits per heavy atom. The maximum Gasteiger partial charge on any atom is 0.161 e. The van der Waals surface area contributed by atoms with E-state index < -0.39 is 0 Å². The molecule has 1 aromatic carbocycles. The zero-order valence-corrected chi connectivity index (χ0v) is 10.5. The van der Waals surface area contributed by atoms with E-state index in [1.807, 2.05) is 12.1 Å². The van der Waals surface area contributed by atoms with Crippen LogP contribution in [0.25, 0.3) is 11.3 Å². The normalized spacial score (nSPS) is 9.89. The molecule has 2 aromatic rings. The Morgan fingerprint density at radius 1 is 1.22 bits per heavy atom. The molecule has 0 bridgehead atoms. The van der Waals surface area contributed by atoms with Gasteiger partial charge in [-0.3, -0.25) is 0 Å². The van der Waals surface area contributed by atoms with Gasteiger partial charge in [0.25, 0.3) is 0 Å². The number of hydrogen-bond donors (Lipinski definition) is 0. The van der Waals surface area contributed by atoms with Crippen LogP contribution in [0.5, 0.6) is 11.5 Å². The molecular weight excluding hydrogens is 230 g/mol. The molecule has 0 fully saturated rings. The summed E-state index contributed by atoms with van der Waals surface area (Å²) < 4.78 is 12.1. The van der Waals surface area contributed by atoms with Crippen LogP contribution in [0.15, 0.2) is 24.5 Å². The van der Waals surface area contributed by atoms with Gasteiger partial charge in [-0.05, 0) is 18.2 Å². The maximum absolute atomic E-state index is 9.11. The summed E-state index contributed by atoms with van der Waals surface area (Å²) in [5.74, 6) is 1.26. The van der Waals surface area contributed by atoms with Gasteiger partial charge in [0.15, 0.2) is 11.5 Å². The van der Waals surface area contributed by atoms with Crippen LogP contribution in [-0.4, -0.2) is 23.8 Å². The van der Waals surface area contributed by atoms with Crippen LogP contribution < -0.4 is 9.47 Å². The van der Waals surface area contributed by atoms with Gasteiger partial charge in [-0.15, -0.1) is 0 Å². The van der Waals surface area contributed by atoms with Gasteiger partial charge < -0.3 is 14.0 Å². The van der Waals surface area contributed by atoms with Gasteiger partial charge in [-0.2, -0.15) is 5.26 Å². The smallest absolute Gasteiger partial charge is 0.161 e. The summed E-state index contributed by atoms with van der Waals surface area (Å²) in [5.41, 5.74) is 1.98. The number of nitriles is 1. The quantitative estimate of drug-likeness (QED) is 0.827. The Morgan fingerprint density at radius 3 is 2.56 bits per heavy atom. The lowest BCUT2D eigenvalue weighted by Crippen LogP contribution is -1.93. The lowest BCUT2D eigenvalue weighted by Gasteiger charge is -2.08. The van der Waals surface area contributed by atoms with Crippen LogP contribution in [0.4, 0.5) is 0 Å². The summed E-state index contributed by atoms with van der Waals surface area (Å²) in [7, 11) is 4.94. The molecule has 92 valence electrons. The molecule has 0 aliphatic carbocycles. The highest BCUT2D eigenvalue weighted by Crippen LogP contribution is 2.32. The minimum absolute atomic E-state index is 0.516. The lowest BCUT2D eigenvalue weighted by atomic mass is 10.1. The largest absolute Gasteiger partial charge is 0.493 e. The monoisotopic (exact) mass is 243 g/mol. The van der Waals surface area contributed by atoms with E-state index in [0.29, 0.717) is 22.9 Å². The van der Waals surface area contributed by atoms with E-state index in [9.17, 15) is 0 Å². The molecule has 0 aliphatic heterocycles. The second kappa shape index (κ2) is 4.80. The minimum Gasteiger partial charge on any atom is -0.493 e. The lowest BCUT2D eigenvalue weighted by molar-refractivity contribution is 0.355. The Balaban J connectivity index is 2.55. The van der Waals surface area contributed by atoms with Gasteiger partial charge in [-0.1, -0.05) is 0 Å². The maximum atomic E-state index is 9.11. The average Bonchev–Trinajstić information content (AvgIpc) is 2.78. The van der Waals surface area contributed by atoms with E-state index >= 15 is 0 Å². The predicted octanol–water partition coefficient (Wildman–Crippen LogP) is 1.98. The molecule has 18 heavy (non-hydrogen) atoms. The summed E-state index contributed by atoms with van der Waals surface area (Å²) in [5, 5.41) is 9.11. The fraction of sp³-hybridized carbons (Fsp3) is 0.231. The first-order chi connectivity index (χ1) is 8.71. The first kappa shape index (κ1) is 12.0. The number of methoxy groups -OCH3 is 2. The molecule has 0 N–H and O–H groups in total. The summed E-state index contributed by atoms with van der Waals surface area (Å²) in [6, 6.07) is 7.59. The van der Waals surface area contributed by atoms with Gasteiger partial charge in [0.1, 0.15) is 17.5 Å². The Kier molecular flexibility index (Phi) is 3.20. The number of nitrogens with zero attached hydrogens (tertiary/aromatic N) is 3. The van der Waals surface area contributed by atoms with E-state index in [-0.39, 0.29) is 0 Å². The molecule has 0 radical (unpaired) electrons. The molecule has 0 atom stereocenters. The number of benzene rings is 1. The third-order valence-electron chi connectivity index (χ3n) is 2.70. The summed E-state index contributed by atoms with van der Waals surface area (Å²) in [4.78, 5) is 4.23. The van der Waals surface area contributed by atoms with Gasteiger partial charge in [0, 0.05) is 12.6 Å². The number of hydrogen-bond acceptors (Lipinski definition) is 4. The highest BCUT2D eigenvalue weighted by atomic mass is 16.5. The molecule has 0 aliphatic rings. The Labute approximate surface area is 105 Å². The zero-order chi connectivity index (χ0) is 13.1. The third-order valence-corrected chi connectivity index (χ3v) is 2.70. The highest BCUT2D eigenvalue weighted by Gasteiger charge is 2.13. The molecule has 5 nitrogen and oxygen atoms in total. The van der Waals surface area contributed by atoms with Crippen molar-refractivity contribution in [3.8, 4) is 28.8 Å². The van der Waals surface area contributed by atoms with Gasteiger partial charge in [0.2, 0.25) is 0 Å². The van der Waals surface area contributed by atoms with E-state index in [1.54, 1.807) is 38.2 Å². The molecule has 0 amide bonds. The molecule has 2 rings (SSSR count). The van der Waals surface area contributed by atoms with E-state index in [2.05, 4.69) is 11.1 Å². The summed E-state index contributed by atoms with van der Waals surface area (Å²) in [6.45, 7) is 0. The number of imidazole rings is 1. The molecule has 1 heterocycles. The van der Waals surface area contributed by atoms with Crippen molar-refractivity contribution in [3.63, 3.8) is 0 Å². The average molecular weight is 243 g/mol. The molecule has 1 aromatic heterocycles. The van der Waals surface area contributed by atoms with Crippen LogP contribution in [-0.2, 0) is 7.05 Å². The standard InChI is InChI=1S/C13H13N3O2/c1-16-8-15-13(10(16)7-14)9-4-5-11(17-2)12(6-9)18-3/h4-6,8H,1-3H3. The number of ether oxygens (including phenoxy) is 2. The SMILES string of the molecule is COc1ccc(-c2ncn(C)c2C#N)cc1OC. The first-order valence-corrected chi connectivity index (χ1v) is 5.35. The number of aromatic nitrogens is 2. The second-order valence-corrected chi connectivity index (χ2v) is 3.73.